The van der Waals surface area contributed by atoms with Gasteiger partial charge in [-0.25, -0.2) is 8.42 Å². The first-order valence-electron chi connectivity index (χ1n) is 9.89. The molecule has 1 saturated carbocycles. The van der Waals surface area contributed by atoms with Gasteiger partial charge in [-0.3, -0.25) is 4.79 Å². The van der Waals surface area contributed by atoms with Crippen molar-refractivity contribution in [3.63, 3.8) is 0 Å². The number of aryl methyl sites for hydroxylation is 1. The molecule has 0 spiro atoms. The number of rotatable bonds is 6. The van der Waals surface area contributed by atoms with Gasteiger partial charge in [-0.15, -0.1) is 0 Å². The number of carbonyl (C=O) groups excluding carboxylic acids is 1. The fraction of sp³-hybridized carbons (Fsp3) is 0.500. The molecule has 3 rings (SSSR count). The number of carbonyl (C=O) groups is 1. The highest BCUT2D eigenvalue weighted by molar-refractivity contribution is 7.89. The zero-order valence-corrected chi connectivity index (χ0v) is 17.6. The molecule has 1 aliphatic rings. The predicted octanol–water partition coefficient (Wildman–Crippen LogP) is 4.26. The molecule has 5 nitrogen and oxygen atoms in total. The number of sulfone groups is 1. The van der Waals surface area contributed by atoms with Crippen LogP contribution in [0.3, 0.4) is 0 Å². The number of benzene rings is 1. The van der Waals surface area contributed by atoms with Crippen LogP contribution in [-0.2, 0) is 21.3 Å². The average Bonchev–Trinajstić information content (AvgIpc) is 3.06. The number of hydrogen-bond acceptors (Lipinski definition) is 4. The Hall–Kier alpha value is -2.08. The minimum absolute atomic E-state index is 0.0472. The van der Waals surface area contributed by atoms with Crippen LogP contribution < -0.4 is 5.32 Å². The van der Waals surface area contributed by atoms with Gasteiger partial charge in [-0.05, 0) is 42.9 Å². The molecule has 1 N–H and O–H groups in total. The van der Waals surface area contributed by atoms with E-state index >= 15 is 0 Å². The van der Waals surface area contributed by atoms with E-state index in [-0.39, 0.29) is 29.2 Å². The van der Waals surface area contributed by atoms with Crippen LogP contribution in [0.4, 0.5) is 0 Å². The Morgan fingerprint density at radius 1 is 1.14 bits per heavy atom. The van der Waals surface area contributed by atoms with Crippen LogP contribution in [0, 0.1) is 18.8 Å². The third-order valence-corrected chi connectivity index (χ3v) is 7.24. The second-order valence-corrected chi connectivity index (χ2v) is 10.2. The number of nitrogens with one attached hydrogen (secondary N) is 1. The summed E-state index contributed by atoms with van der Waals surface area (Å²) in [6.45, 7) is 6.31. The minimum atomic E-state index is -3.39. The lowest BCUT2D eigenvalue weighted by Gasteiger charge is -2.34. The molecular weight excluding hydrogens is 374 g/mol. The van der Waals surface area contributed by atoms with Crippen molar-refractivity contribution in [3.05, 3.63) is 59.0 Å². The lowest BCUT2D eigenvalue weighted by Crippen LogP contribution is -2.43. The van der Waals surface area contributed by atoms with E-state index in [0.717, 1.165) is 24.0 Å². The lowest BCUT2D eigenvalue weighted by atomic mass is 9.78. The minimum Gasteiger partial charge on any atom is -0.455 e. The van der Waals surface area contributed by atoms with Crippen LogP contribution in [-0.4, -0.2) is 20.4 Å². The van der Waals surface area contributed by atoms with Gasteiger partial charge in [-0.1, -0.05) is 56.5 Å². The summed E-state index contributed by atoms with van der Waals surface area (Å²) in [6, 6.07) is 10.7. The van der Waals surface area contributed by atoms with E-state index in [1.54, 1.807) is 18.2 Å². The largest absolute Gasteiger partial charge is 0.455 e. The molecule has 3 unspecified atom stereocenters. The standard InChI is InChI=1S/C22H29NO4S/c1-15-6-4-8-18(12-15)13-28(25,26)14-19-10-11-21(27-19)22(24)23-20-9-5-7-16(2)17(20)3/h4,6,8,10-12,16-17,20H,5,7,9,13-14H2,1-3H3,(H,23,24). The molecule has 1 fully saturated rings. The molecular formula is C22H29NO4S. The molecule has 28 heavy (non-hydrogen) atoms. The monoisotopic (exact) mass is 403 g/mol. The fourth-order valence-corrected chi connectivity index (χ4v) is 5.30. The van der Waals surface area contributed by atoms with Gasteiger partial charge in [0, 0.05) is 6.04 Å². The van der Waals surface area contributed by atoms with E-state index in [2.05, 4.69) is 19.2 Å². The van der Waals surface area contributed by atoms with E-state index in [4.69, 9.17) is 4.42 Å². The van der Waals surface area contributed by atoms with Gasteiger partial charge in [0.15, 0.2) is 15.6 Å². The van der Waals surface area contributed by atoms with Crippen LogP contribution >= 0.6 is 0 Å². The quantitative estimate of drug-likeness (QED) is 0.782. The Balaban J connectivity index is 1.62. The van der Waals surface area contributed by atoms with Gasteiger partial charge in [0.05, 0.1) is 5.75 Å². The van der Waals surface area contributed by atoms with Gasteiger partial charge in [0.1, 0.15) is 11.5 Å². The maximum Gasteiger partial charge on any atom is 0.287 e. The predicted molar refractivity (Wildman–Crippen MR) is 110 cm³/mol. The third kappa shape index (κ3) is 5.25. The summed E-state index contributed by atoms with van der Waals surface area (Å²) in [5.41, 5.74) is 1.78. The summed E-state index contributed by atoms with van der Waals surface area (Å²) in [6.07, 6.45) is 3.27. The van der Waals surface area contributed by atoms with Gasteiger partial charge in [-0.2, -0.15) is 0 Å². The van der Waals surface area contributed by atoms with Gasteiger partial charge >= 0.3 is 0 Å². The fourth-order valence-electron chi connectivity index (χ4n) is 3.93. The van der Waals surface area contributed by atoms with Crippen molar-refractivity contribution in [2.45, 2.75) is 57.6 Å². The van der Waals surface area contributed by atoms with E-state index in [0.29, 0.717) is 17.6 Å². The molecule has 1 aromatic carbocycles. The molecule has 2 aromatic rings. The smallest absolute Gasteiger partial charge is 0.287 e. The first-order valence-corrected chi connectivity index (χ1v) is 11.7. The molecule has 152 valence electrons. The highest BCUT2D eigenvalue weighted by Gasteiger charge is 2.29. The average molecular weight is 404 g/mol. The zero-order valence-electron chi connectivity index (χ0n) is 16.8. The molecule has 6 heteroatoms. The Morgan fingerprint density at radius 2 is 1.93 bits per heavy atom. The van der Waals surface area contributed by atoms with E-state index in [1.807, 2.05) is 25.1 Å². The van der Waals surface area contributed by atoms with Gasteiger partial charge in [0.25, 0.3) is 5.91 Å². The SMILES string of the molecule is Cc1cccc(CS(=O)(=O)Cc2ccc(C(=O)NC3CCCC(C)C3C)o2)c1. The van der Waals surface area contributed by atoms with Crippen molar-refractivity contribution in [1.82, 2.24) is 5.32 Å². The van der Waals surface area contributed by atoms with Crippen LogP contribution in [0.15, 0.2) is 40.8 Å². The molecule has 0 aliphatic heterocycles. The lowest BCUT2D eigenvalue weighted by molar-refractivity contribution is 0.0861. The van der Waals surface area contributed by atoms with Crippen molar-refractivity contribution >= 4 is 15.7 Å². The number of hydrogen-bond donors (Lipinski definition) is 1. The zero-order chi connectivity index (χ0) is 20.3. The highest BCUT2D eigenvalue weighted by Crippen LogP contribution is 2.29. The number of furan rings is 1. The molecule has 1 amide bonds. The molecule has 1 aliphatic carbocycles. The Bertz CT molecular complexity index is 932. The normalized spacial score (nSPS) is 22.8. The second kappa shape index (κ2) is 8.52. The van der Waals surface area contributed by atoms with E-state index in [1.165, 1.54) is 6.42 Å². The molecule has 1 heterocycles. The first-order chi connectivity index (χ1) is 13.2. The maximum absolute atomic E-state index is 12.5. The molecule has 0 radical (unpaired) electrons. The molecule has 0 bridgehead atoms. The third-order valence-electron chi connectivity index (χ3n) is 5.74. The second-order valence-electron chi connectivity index (χ2n) is 8.13. The van der Waals surface area contributed by atoms with E-state index < -0.39 is 9.84 Å². The van der Waals surface area contributed by atoms with Gasteiger partial charge in [0.2, 0.25) is 0 Å². The summed E-state index contributed by atoms with van der Waals surface area (Å²) in [7, 11) is -3.39. The summed E-state index contributed by atoms with van der Waals surface area (Å²) >= 11 is 0. The van der Waals surface area contributed by atoms with Crippen LogP contribution in [0.25, 0.3) is 0 Å². The van der Waals surface area contributed by atoms with Crippen molar-refractivity contribution in [3.8, 4) is 0 Å². The van der Waals surface area contributed by atoms with Crippen molar-refractivity contribution in [2.75, 3.05) is 0 Å². The Morgan fingerprint density at radius 3 is 2.68 bits per heavy atom. The summed E-state index contributed by atoms with van der Waals surface area (Å²) in [5, 5.41) is 3.06. The topological polar surface area (TPSA) is 76.4 Å². The maximum atomic E-state index is 12.5. The van der Waals surface area contributed by atoms with Crippen molar-refractivity contribution in [1.29, 1.82) is 0 Å². The molecule has 3 atom stereocenters. The Kier molecular flexibility index (Phi) is 6.28. The first kappa shape index (κ1) is 20.6. The molecule has 1 aromatic heterocycles. The van der Waals surface area contributed by atoms with Crippen LogP contribution in [0.2, 0.25) is 0 Å². The van der Waals surface area contributed by atoms with Crippen molar-refractivity contribution in [2.24, 2.45) is 11.8 Å². The molecule has 0 saturated heterocycles. The summed E-state index contributed by atoms with van der Waals surface area (Å²) in [4.78, 5) is 12.5. The summed E-state index contributed by atoms with van der Waals surface area (Å²) < 4.78 is 30.5. The summed E-state index contributed by atoms with van der Waals surface area (Å²) in [5.74, 6) is 0.932. The van der Waals surface area contributed by atoms with E-state index in [9.17, 15) is 13.2 Å². The van der Waals surface area contributed by atoms with Crippen LogP contribution in [0.1, 0.15) is 60.6 Å². The Labute approximate surface area is 167 Å². The van der Waals surface area contributed by atoms with Crippen LogP contribution in [0.5, 0.6) is 0 Å². The number of amides is 1. The highest BCUT2D eigenvalue weighted by atomic mass is 32.2. The van der Waals surface area contributed by atoms with Gasteiger partial charge < -0.3 is 9.73 Å². The van der Waals surface area contributed by atoms with Crippen molar-refractivity contribution < 1.29 is 17.6 Å².